The number of nitrogens with one attached hydrogen (secondary N) is 1. The van der Waals surface area contributed by atoms with Gasteiger partial charge in [-0.3, -0.25) is 9.78 Å². The first-order valence-electron chi connectivity index (χ1n) is 15.1. The largest absolute Gasteiger partial charge is 0.493 e. The van der Waals surface area contributed by atoms with Gasteiger partial charge in [-0.15, -0.1) is 0 Å². The first kappa shape index (κ1) is 32.3. The number of benzene rings is 3. The van der Waals surface area contributed by atoms with Crippen molar-refractivity contribution in [3.8, 4) is 34.5 Å². The third-order valence-electron chi connectivity index (χ3n) is 7.76. The second-order valence-electron chi connectivity index (χ2n) is 10.8. The fourth-order valence-electron chi connectivity index (χ4n) is 5.42. The van der Waals surface area contributed by atoms with Crippen LogP contribution in [0.4, 0.5) is 4.39 Å². The fraction of sp³-hybridized carbons (Fsp3) is 0.343. The minimum atomic E-state index is -1.08. The van der Waals surface area contributed by atoms with Crippen LogP contribution < -0.4 is 29.0 Å². The highest BCUT2D eigenvalue weighted by Crippen LogP contribution is 2.37. The summed E-state index contributed by atoms with van der Waals surface area (Å²) in [5, 5.41) is 3.35. The van der Waals surface area contributed by atoms with Crippen LogP contribution in [0.3, 0.4) is 0 Å². The summed E-state index contributed by atoms with van der Waals surface area (Å²) in [5.74, 6) is 0.496. The van der Waals surface area contributed by atoms with Gasteiger partial charge in [-0.2, -0.15) is 0 Å². The summed E-state index contributed by atoms with van der Waals surface area (Å²) in [6.45, 7) is 1.79. The first-order valence-corrected chi connectivity index (χ1v) is 15.1. The second kappa shape index (κ2) is 14.8. The van der Waals surface area contributed by atoms with E-state index < -0.39 is 23.7 Å². The molecule has 0 spiro atoms. The predicted molar refractivity (Wildman–Crippen MR) is 169 cm³/mol. The second-order valence-corrected chi connectivity index (χ2v) is 10.8. The molecule has 46 heavy (non-hydrogen) atoms. The van der Waals surface area contributed by atoms with Crippen molar-refractivity contribution in [2.45, 2.75) is 51.2 Å². The van der Waals surface area contributed by atoms with Gasteiger partial charge in [0.05, 0.1) is 39.6 Å². The van der Waals surface area contributed by atoms with Gasteiger partial charge in [-0.1, -0.05) is 6.07 Å². The number of methoxy groups -OCH3 is 3. The van der Waals surface area contributed by atoms with Gasteiger partial charge in [0.25, 0.3) is 5.91 Å². The number of hydrogen-bond acceptors (Lipinski definition) is 9. The summed E-state index contributed by atoms with van der Waals surface area (Å²) < 4.78 is 48.9. The molecule has 1 fully saturated rings. The molecule has 1 atom stereocenters. The maximum Gasteiger partial charge on any atom is 0.328 e. The molecule has 1 aliphatic rings. The number of ether oxygens (including phenoxy) is 6. The zero-order chi connectivity index (χ0) is 32.6. The van der Waals surface area contributed by atoms with Crippen molar-refractivity contribution in [2.24, 2.45) is 0 Å². The summed E-state index contributed by atoms with van der Waals surface area (Å²) >= 11 is 0. The molecule has 0 radical (unpaired) electrons. The van der Waals surface area contributed by atoms with Crippen molar-refractivity contribution in [2.75, 3.05) is 27.9 Å². The van der Waals surface area contributed by atoms with Crippen LogP contribution in [0.15, 0.2) is 60.8 Å². The summed E-state index contributed by atoms with van der Waals surface area (Å²) in [6, 6.07) is 13.2. The van der Waals surface area contributed by atoms with E-state index in [9.17, 15) is 9.59 Å². The molecule has 1 aromatic heterocycles. The van der Waals surface area contributed by atoms with Crippen LogP contribution in [0.5, 0.6) is 34.5 Å². The Balaban J connectivity index is 1.33. The predicted octanol–water partition coefficient (Wildman–Crippen LogP) is 6.42. The van der Waals surface area contributed by atoms with Crippen molar-refractivity contribution in [1.82, 2.24) is 10.3 Å². The van der Waals surface area contributed by atoms with E-state index in [1.54, 1.807) is 55.6 Å². The maximum atomic E-state index is 15.4. The average molecular weight is 633 g/mol. The summed E-state index contributed by atoms with van der Waals surface area (Å²) in [5.41, 5.74) is 1.32. The van der Waals surface area contributed by atoms with Gasteiger partial charge in [0.15, 0.2) is 34.6 Å². The summed E-state index contributed by atoms with van der Waals surface area (Å²) in [7, 11) is 4.59. The molecule has 0 saturated heterocycles. The summed E-state index contributed by atoms with van der Waals surface area (Å²) in [6.07, 6.45) is 5.65. The molecule has 3 aromatic carbocycles. The first-order chi connectivity index (χ1) is 22.3. The molecule has 10 nitrogen and oxygen atoms in total. The van der Waals surface area contributed by atoms with Gasteiger partial charge in [-0.05, 0) is 80.6 Å². The molecule has 0 aliphatic heterocycles. The van der Waals surface area contributed by atoms with E-state index in [0.29, 0.717) is 45.2 Å². The molecule has 1 N–H and O–H groups in total. The Hall–Kier alpha value is -5.06. The molecule has 0 bridgehead atoms. The monoisotopic (exact) mass is 632 g/mol. The highest BCUT2D eigenvalue weighted by molar-refractivity contribution is 5.97. The van der Waals surface area contributed by atoms with Crippen molar-refractivity contribution < 1.29 is 42.4 Å². The summed E-state index contributed by atoms with van der Waals surface area (Å²) in [4.78, 5) is 30.6. The zero-order valence-electron chi connectivity index (χ0n) is 26.3. The smallest absolute Gasteiger partial charge is 0.328 e. The van der Waals surface area contributed by atoms with E-state index in [1.807, 2.05) is 0 Å². The Morgan fingerprint density at radius 2 is 1.59 bits per heavy atom. The number of rotatable bonds is 13. The lowest BCUT2D eigenvalue weighted by molar-refractivity contribution is -0.145. The number of amides is 1. The number of esters is 1. The molecular formula is C35H37FN2O8. The van der Waals surface area contributed by atoms with Crippen LogP contribution in [0, 0.1) is 5.82 Å². The van der Waals surface area contributed by atoms with Gasteiger partial charge in [-0.25, -0.2) is 9.18 Å². The number of carbonyl (C=O) groups is 2. The lowest BCUT2D eigenvalue weighted by atomic mass is 10.0. The molecule has 1 aliphatic carbocycles. The van der Waals surface area contributed by atoms with Crippen LogP contribution in [0.25, 0.3) is 10.9 Å². The van der Waals surface area contributed by atoms with Crippen molar-refractivity contribution in [1.29, 1.82) is 0 Å². The van der Waals surface area contributed by atoms with E-state index >= 15 is 4.39 Å². The molecular weight excluding hydrogens is 595 g/mol. The highest BCUT2D eigenvalue weighted by Gasteiger charge is 2.25. The minimum Gasteiger partial charge on any atom is -0.493 e. The van der Waals surface area contributed by atoms with Gasteiger partial charge >= 0.3 is 5.97 Å². The van der Waals surface area contributed by atoms with Gasteiger partial charge < -0.3 is 33.7 Å². The van der Waals surface area contributed by atoms with E-state index in [2.05, 4.69) is 10.3 Å². The molecule has 4 aromatic rings. The maximum absolute atomic E-state index is 15.4. The number of aromatic nitrogens is 1. The van der Waals surface area contributed by atoms with Crippen LogP contribution in [0.1, 0.15) is 48.5 Å². The number of fused-ring (bicyclic) bond motifs is 1. The van der Waals surface area contributed by atoms with Crippen LogP contribution >= 0.6 is 0 Å². The number of nitrogens with zero attached hydrogens (tertiary/aromatic N) is 1. The Morgan fingerprint density at radius 3 is 2.28 bits per heavy atom. The molecule has 1 heterocycles. The van der Waals surface area contributed by atoms with E-state index in [4.69, 9.17) is 28.4 Å². The highest BCUT2D eigenvalue weighted by atomic mass is 19.1. The Labute approximate surface area is 266 Å². The number of halogens is 1. The standard InChI is InChI=1S/C35H37FN2O8/c1-5-44-35(40)27(38-34(39)22-11-13-30(41-2)33(18-22)45-23-8-6-7-9-23)17-21-10-12-29(25(36)16-21)46-28-14-15-37-26-20-32(43-4)31(42-3)19-24(26)28/h10-16,18-20,23,27H,5-9,17H2,1-4H3,(H,38,39). The fourth-order valence-corrected chi connectivity index (χ4v) is 5.42. The van der Waals surface area contributed by atoms with Crippen molar-refractivity contribution in [3.63, 3.8) is 0 Å². The number of pyridine rings is 1. The Bertz CT molecular complexity index is 1710. The minimum absolute atomic E-state index is 0.0153. The molecule has 1 amide bonds. The van der Waals surface area contributed by atoms with Gasteiger partial charge in [0.2, 0.25) is 0 Å². The van der Waals surface area contributed by atoms with Crippen molar-refractivity contribution in [3.05, 3.63) is 77.7 Å². The topological polar surface area (TPSA) is 114 Å². The SMILES string of the molecule is CCOC(=O)C(Cc1ccc(Oc2ccnc3cc(OC)c(OC)cc23)c(F)c1)NC(=O)c1ccc(OC)c(OC2CCCC2)c1. The van der Waals surface area contributed by atoms with Crippen LogP contribution in [-0.4, -0.2) is 56.9 Å². The third kappa shape index (κ3) is 7.42. The molecule has 1 unspecified atom stereocenters. The van der Waals surface area contributed by atoms with Gasteiger partial charge in [0.1, 0.15) is 11.8 Å². The third-order valence-corrected chi connectivity index (χ3v) is 7.76. The molecule has 5 rings (SSSR count). The molecule has 242 valence electrons. The average Bonchev–Trinajstić information content (AvgIpc) is 3.58. The van der Waals surface area contributed by atoms with Crippen LogP contribution in [-0.2, 0) is 16.0 Å². The Kier molecular flexibility index (Phi) is 10.4. The lowest BCUT2D eigenvalue weighted by Crippen LogP contribution is -2.43. The van der Waals surface area contributed by atoms with Crippen molar-refractivity contribution >= 4 is 22.8 Å². The van der Waals surface area contributed by atoms with E-state index in [1.165, 1.54) is 33.5 Å². The number of carbonyl (C=O) groups excluding carboxylic acids is 2. The zero-order valence-corrected chi connectivity index (χ0v) is 26.3. The quantitative estimate of drug-likeness (QED) is 0.167. The number of hydrogen-bond donors (Lipinski definition) is 1. The van der Waals surface area contributed by atoms with Crippen LogP contribution in [0.2, 0.25) is 0 Å². The van der Waals surface area contributed by atoms with E-state index in [-0.39, 0.29) is 30.4 Å². The Morgan fingerprint density at radius 1 is 0.870 bits per heavy atom. The lowest BCUT2D eigenvalue weighted by Gasteiger charge is -2.19. The molecule has 11 heteroatoms. The normalized spacial score (nSPS) is 13.6. The van der Waals surface area contributed by atoms with Gasteiger partial charge in [0, 0.05) is 29.6 Å². The van der Waals surface area contributed by atoms with E-state index in [0.717, 1.165) is 25.7 Å². The molecule has 1 saturated carbocycles.